The third-order valence-electron chi connectivity index (χ3n) is 0.978. The van der Waals surface area contributed by atoms with Crippen molar-refractivity contribution in [1.29, 1.82) is 0 Å². The molecule has 0 aliphatic rings. The molecule has 0 amide bonds. The summed E-state index contributed by atoms with van der Waals surface area (Å²) in [6.07, 6.45) is 0. The summed E-state index contributed by atoms with van der Waals surface area (Å²) in [6, 6.07) is 0. The molecule has 0 rings (SSSR count). The first-order valence-corrected chi connectivity index (χ1v) is 3.33. The van der Waals surface area contributed by atoms with Crippen LogP contribution in [-0.2, 0) is 4.57 Å². The smallest absolute Gasteiger partial charge is 0.456 e. The fourth-order valence-electron chi connectivity index (χ4n) is 0.0772. The van der Waals surface area contributed by atoms with Crippen molar-refractivity contribution in [1.82, 2.24) is 0 Å². The Morgan fingerprint density at radius 2 is 1.42 bits per heavy atom. The van der Waals surface area contributed by atoms with Crippen LogP contribution in [0.2, 0.25) is 0 Å². The van der Waals surface area contributed by atoms with Crippen molar-refractivity contribution >= 4 is 15.4 Å². The molecule has 0 saturated carbocycles. The predicted molar refractivity (Wildman–Crippen MR) is 45.0 cm³/mol. The maximum atomic E-state index is 8.43. The molecular formula is C5H14B2O5. The molecule has 0 unspecified atom stereocenters. The van der Waals surface area contributed by atoms with E-state index in [2.05, 4.69) is 4.57 Å². The van der Waals surface area contributed by atoms with Crippen LogP contribution in [0.3, 0.4) is 0 Å². The Kier molecular flexibility index (Phi) is 10.9. The van der Waals surface area contributed by atoms with Gasteiger partial charge in [-0.3, -0.25) is 0 Å². The van der Waals surface area contributed by atoms with E-state index in [0.29, 0.717) is 15.4 Å². The van der Waals surface area contributed by atoms with Crippen LogP contribution in [0.1, 0.15) is 13.8 Å². The van der Waals surface area contributed by atoms with Gasteiger partial charge in [0.2, 0.25) is 0 Å². The quantitative estimate of drug-likeness (QED) is 0.373. The van der Waals surface area contributed by atoms with E-state index in [0.717, 1.165) is 0 Å². The van der Waals surface area contributed by atoms with Gasteiger partial charge >= 0.3 is 15.4 Å². The van der Waals surface area contributed by atoms with Gasteiger partial charge in [-0.15, -0.1) is 0 Å². The summed E-state index contributed by atoms with van der Waals surface area (Å²) in [5.74, 6) is 0. The predicted octanol–water partition coefficient (Wildman–Crippen LogP) is -1.95. The summed E-state index contributed by atoms with van der Waals surface area (Å²) in [4.78, 5) is 0. The van der Waals surface area contributed by atoms with Gasteiger partial charge in [0.15, 0.2) is 0 Å². The number of aliphatic hydroxyl groups excluding tert-OH is 2. The van der Waals surface area contributed by atoms with E-state index < -0.39 is 0 Å². The number of hydrogen-bond acceptors (Lipinski definition) is 5. The number of hydrogen-bond donors (Lipinski definition) is 4. The standard InChI is InChI=1S/C5H12O2.B2H2O3/c1-5(2,3-6)4-7;3-1-5-2-4/h6-7H,3-4H2,1-2H3;3-4H. The van der Waals surface area contributed by atoms with Crippen molar-refractivity contribution in [3.8, 4) is 0 Å². The van der Waals surface area contributed by atoms with Gasteiger partial charge in [-0.25, -0.2) is 0 Å². The summed E-state index contributed by atoms with van der Waals surface area (Å²) in [7, 11) is 0.750. The van der Waals surface area contributed by atoms with E-state index in [4.69, 9.17) is 20.3 Å². The Hall–Kier alpha value is -0.0701. The molecule has 0 aliphatic heterocycles. The van der Waals surface area contributed by atoms with Crippen molar-refractivity contribution in [3.63, 3.8) is 0 Å². The van der Waals surface area contributed by atoms with Crippen LogP contribution in [0.4, 0.5) is 0 Å². The van der Waals surface area contributed by atoms with E-state index in [1.807, 2.05) is 0 Å². The molecule has 2 radical (unpaired) electrons. The van der Waals surface area contributed by atoms with Gasteiger partial charge in [0.25, 0.3) is 0 Å². The van der Waals surface area contributed by atoms with Crippen LogP contribution in [-0.4, -0.2) is 48.8 Å². The van der Waals surface area contributed by atoms with Crippen molar-refractivity contribution < 1.29 is 24.8 Å². The lowest BCUT2D eigenvalue weighted by Crippen LogP contribution is -2.20. The molecule has 0 aromatic heterocycles. The van der Waals surface area contributed by atoms with E-state index in [1.54, 1.807) is 13.8 Å². The van der Waals surface area contributed by atoms with Crippen LogP contribution in [0.25, 0.3) is 0 Å². The molecule has 0 bridgehead atoms. The Balaban J connectivity index is 0. The highest BCUT2D eigenvalue weighted by Gasteiger charge is 2.13. The zero-order valence-corrected chi connectivity index (χ0v) is 7.27. The zero-order valence-electron chi connectivity index (χ0n) is 7.27. The first-order valence-electron chi connectivity index (χ1n) is 3.33. The van der Waals surface area contributed by atoms with Gasteiger partial charge in [-0.05, 0) is 0 Å². The summed E-state index contributed by atoms with van der Waals surface area (Å²) < 4.78 is 3.69. The molecule has 70 valence electrons. The van der Waals surface area contributed by atoms with Gasteiger partial charge in [-0.2, -0.15) is 0 Å². The van der Waals surface area contributed by atoms with Crippen LogP contribution in [0.15, 0.2) is 0 Å². The molecule has 0 aromatic carbocycles. The molecule has 0 aliphatic carbocycles. The topological polar surface area (TPSA) is 90.2 Å². The first-order chi connectivity index (χ1) is 5.54. The normalized spacial score (nSPS) is 9.83. The third kappa shape index (κ3) is 12.6. The molecule has 0 atom stereocenters. The van der Waals surface area contributed by atoms with E-state index in [-0.39, 0.29) is 18.6 Å². The fourth-order valence-corrected chi connectivity index (χ4v) is 0.0772. The highest BCUT2D eigenvalue weighted by atomic mass is 16.5. The van der Waals surface area contributed by atoms with E-state index in [9.17, 15) is 0 Å². The third-order valence-corrected chi connectivity index (χ3v) is 0.978. The van der Waals surface area contributed by atoms with Gasteiger partial charge in [0.1, 0.15) is 0 Å². The second-order valence-corrected chi connectivity index (χ2v) is 2.83. The minimum Gasteiger partial charge on any atom is -0.456 e. The SMILES string of the molecule is CC(C)(CO)CO.O[B]O[B]O. The molecule has 0 heterocycles. The fraction of sp³-hybridized carbons (Fsp3) is 1.00. The lowest BCUT2D eigenvalue weighted by Gasteiger charge is -2.16. The summed E-state index contributed by atoms with van der Waals surface area (Å²) in [5, 5.41) is 31.9. The largest absolute Gasteiger partial charge is 0.469 e. The summed E-state index contributed by atoms with van der Waals surface area (Å²) in [6.45, 7) is 3.69. The monoisotopic (exact) mass is 176 g/mol. The van der Waals surface area contributed by atoms with Gasteiger partial charge in [0, 0.05) is 5.41 Å². The Morgan fingerprint density at radius 3 is 1.42 bits per heavy atom. The molecule has 0 aromatic rings. The maximum Gasteiger partial charge on any atom is 0.469 e. The summed E-state index contributed by atoms with van der Waals surface area (Å²) in [5.41, 5.74) is -0.306. The molecule has 0 saturated heterocycles. The Morgan fingerprint density at radius 1 is 1.08 bits per heavy atom. The van der Waals surface area contributed by atoms with Crippen LogP contribution in [0.5, 0.6) is 0 Å². The maximum absolute atomic E-state index is 8.43. The van der Waals surface area contributed by atoms with Crippen molar-refractivity contribution in [2.75, 3.05) is 13.2 Å². The highest BCUT2D eigenvalue weighted by Crippen LogP contribution is 2.10. The van der Waals surface area contributed by atoms with Gasteiger partial charge < -0.3 is 24.8 Å². The number of rotatable bonds is 4. The van der Waals surface area contributed by atoms with E-state index in [1.165, 1.54) is 0 Å². The van der Waals surface area contributed by atoms with Crippen LogP contribution >= 0.6 is 0 Å². The minimum atomic E-state index is -0.306. The van der Waals surface area contributed by atoms with Crippen molar-refractivity contribution in [2.24, 2.45) is 5.41 Å². The van der Waals surface area contributed by atoms with Crippen molar-refractivity contribution in [3.05, 3.63) is 0 Å². The number of aliphatic hydroxyl groups is 2. The summed E-state index contributed by atoms with van der Waals surface area (Å²) >= 11 is 0. The average molecular weight is 176 g/mol. The molecule has 4 N–H and O–H groups in total. The van der Waals surface area contributed by atoms with E-state index >= 15 is 0 Å². The highest BCUT2D eigenvalue weighted by molar-refractivity contribution is 6.32. The molecule has 7 heteroatoms. The van der Waals surface area contributed by atoms with Gasteiger partial charge in [-0.1, -0.05) is 13.8 Å². The van der Waals surface area contributed by atoms with Crippen molar-refractivity contribution in [2.45, 2.75) is 13.8 Å². The molecule has 0 fully saturated rings. The molecule has 12 heavy (non-hydrogen) atoms. The lowest BCUT2D eigenvalue weighted by molar-refractivity contribution is 0.0857. The average Bonchev–Trinajstić information content (AvgIpc) is 2.07. The van der Waals surface area contributed by atoms with Crippen LogP contribution < -0.4 is 0 Å². The van der Waals surface area contributed by atoms with Crippen LogP contribution in [0, 0.1) is 5.41 Å². The molecular weight excluding hydrogens is 162 g/mol. The Labute approximate surface area is 73.6 Å². The molecule has 5 nitrogen and oxygen atoms in total. The lowest BCUT2D eigenvalue weighted by atomic mass is 9.97. The molecule has 0 spiro atoms. The van der Waals surface area contributed by atoms with Gasteiger partial charge in [0.05, 0.1) is 13.2 Å². The minimum absolute atomic E-state index is 0.0451. The Bertz CT molecular complexity index is 81.9. The first kappa shape index (κ1) is 14.5. The second-order valence-electron chi connectivity index (χ2n) is 2.83. The zero-order chi connectivity index (χ0) is 10.0. The second kappa shape index (κ2) is 9.02.